The number of benzene rings is 1. The van der Waals surface area contributed by atoms with Gasteiger partial charge in [0.1, 0.15) is 5.69 Å². The summed E-state index contributed by atoms with van der Waals surface area (Å²) in [4.78, 5) is 36.2. The lowest BCUT2D eigenvalue weighted by molar-refractivity contribution is 0.0941. The molecular weight excluding hydrogens is 402 g/mol. The van der Waals surface area contributed by atoms with Gasteiger partial charge in [-0.2, -0.15) is 0 Å². The lowest BCUT2D eigenvalue weighted by atomic mass is 10.1. The van der Waals surface area contributed by atoms with Crippen LogP contribution in [0.4, 0.5) is 5.69 Å². The quantitative estimate of drug-likeness (QED) is 0.546. The molecule has 5 rings (SSSR count). The van der Waals surface area contributed by atoms with E-state index in [2.05, 4.69) is 15.3 Å². The Kier molecular flexibility index (Phi) is 5.21. The van der Waals surface area contributed by atoms with Crippen molar-refractivity contribution in [2.24, 2.45) is 0 Å². The van der Waals surface area contributed by atoms with Crippen LogP contribution in [-0.4, -0.2) is 26.3 Å². The predicted molar refractivity (Wildman–Crippen MR) is 120 cm³/mol. The summed E-state index contributed by atoms with van der Waals surface area (Å²) in [6.07, 6.45) is 6.67. The summed E-state index contributed by atoms with van der Waals surface area (Å²) >= 11 is 0. The Morgan fingerprint density at radius 3 is 2.53 bits per heavy atom. The highest BCUT2D eigenvalue weighted by molar-refractivity contribution is 6.06. The van der Waals surface area contributed by atoms with Crippen molar-refractivity contribution in [1.29, 1.82) is 0 Å². The van der Waals surface area contributed by atoms with Crippen molar-refractivity contribution < 1.29 is 9.59 Å². The summed E-state index contributed by atoms with van der Waals surface area (Å²) in [5, 5.41) is 2.97. The van der Waals surface area contributed by atoms with E-state index < -0.39 is 0 Å². The SMILES string of the molecule is O=C(NCc1cccnc1)c1ccc2n1Cc1ccccc1N(C(=O)c1ccncc1)C2. The molecule has 7 heteroatoms. The zero-order valence-electron chi connectivity index (χ0n) is 17.3. The Labute approximate surface area is 185 Å². The summed E-state index contributed by atoms with van der Waals surface area (Å²) in [7, 11) is 0. The van der Waals surface area contributed by atoms with Gasteiger partial charge in [0.2, 0.25) is 0 Å². The van der Waals surface area contributed by atoms with E-state index >= 15 is 0 Å². The standard InChI is InChI=1S/C25H21N5O2/c31-24(28-15-18-4-3-11-27-14-18)23-8-7-21-17-30(25(32)19-9-12-26-13-10-19)22-6-2-1-5-20(22)16-29(21)23/h1-14H,15-17H2,(H,28,31). The maximum Gasteiger partial charge on any atom is 0.268 e. The van der Waals surface area contributed by atoms with Crippen LogP contribution in [0, 0.1) is 0 Å². The Balaban J connectivity index is 1.46. The van der Waals surface area contributed by atoms with E-state index in [1.165, 1.54) is 0 Å². The number of anilines is 1. The van der Waals surface area contributed by atoms with Crippen LogP contribution in [0.25, 0.3) is 0 Å². The van der Waals surface area contributed by atoms with E-state index in [9.17, 15) is 9.59 Å². The number of pyridine rings is 2. The van der Waals surface area contributed by atoms with Crippen LogP contribution in [0.15, 0.2) is 85.5 Å². The van der Waals surface area contributed by atoms with Crippen molar-refractivity contribution in [2.75, 3.05) is 4.90 Å². The third-order valence-corrected chi connectivity index (χ3v) is 5.58. The van der Waals surface area contributed by atoms with Crippen molar-refractivity contribution in [3.05, 3.63) is 114 Å². The molecule has 0 atom stereocenters. The van der Waals surface area contributed by atoms with Crippen LogP contribution in [0.1, 0.15) is 37.7 Å². The number of hydrogen-bond donors (Lipinski definition) is 1. The molecule has 1 aliphatic rings. The first-order valence-electron chi connectivity index (χ1n) is 10.4. The fourth-order valence-electron chi connectivity index (χ4n) is 3.97. The van der Waals surface area contributed by atoms with Gasteiger partial charge in [0.25, 0.3) is 11.8 Å². The Morgan fingerprint density at radius 1 is 0.875 bits per heavy atom. The van der Waals surface area contributed by atoms with Crippen LogP contribution < -0.4 is 10.2 Å². The van der Waals surface area contributed by atoms with Crippen LogP contribution in [0.5, 0.6) is 0 Å². The van der Waals surface area contributed by atoms with Gasteiger partial charge in [-0.1, -0.05) is 24.3 Å². The number of carbonyl (C=O) groups excluding carboxylic acids is 2. The molecule has 158 valence electrons. The molecule has 0 spiro atoms. The average molecular weight is 423 g/mol. The van der Waals surface area contributed by atoms with E-state index in [0.717, 1.165) is 22.5 Å². The van der Waals surface area contributed by atoms with E-state index in [4.69, 9.17) is 0 Å². The van der Waals surface area contributed by atoms with Crippen molar-refractivity contribution in [1.82, 2.24) is 19.9 Å². The summed E-state index contributed by atoms with van der Waals surface area (Å²) in [6, 6.07) is 18.7. The molecule has 0 radical (unpaired) electrons. The molecular formula is C25H21N5O2. The zero-order valence-corrected chi connectivity index (χ0v) is 17.3. The fourth-order valence-corrected chi connectivity index (χ4v) is 3.97. The van der Waals surface area contributed by atoms with Crippen molar-refractivity contribution in [3.8, 4) is 0 Å². The van der Waals surface area contributed by atoms with Gasteiger partial charge < -0.3 is 14.8 Å². The lowest BCUT2D eigenvalue weighted by Gasteiger charge is -2.22. The molecule has 1 aliphatic heterocycles. The highest BCUT2D eigenvalue weighted by atomic mass is 16.2. The molecule has 3 aromatic heterocycles. The average Bonchev–Trinajstić information content (AvgIpc) is 3.16. The second-order valence-corrected chi connectivity index (χ2v) is 7.60. The Bertz CT molecular complexity index is 1270. The monoisotopic (exact) mass is 423 g/mol. The van der Waals surface area contributed by atoms with Gasteiger partial charge in [0, 0.05) is 48.3 Å². The number of carbonyl (C=O) groups is 2. The Hall–Kier alpha value is -4.26. The maximum atomic E-state index is 13.3. The van der Waals surface area contributed by atoms with Crippen LogP contribution in [0.3, 0.4) is 0 Å². The van der Waals surface area contributed by atoms with Gasteiger partial charge in [-0.3, -0.25) is 19.6 Å². The third-order valence-electron chi connectivity index (χ3n) is 5.58. The molecule has 1 N–H and O–H groups in total. The van der Waals surface area contributed by atoms with Crippen LogP contribution >= 0.6 is 0 Å². The van der Waals surface area contributed by atoms with Gasteiger partial charge >= 0.3 is 0 Å². The lowest BCUT2D eigenvalue weighted by Crippen LogP contribution is -2.30. The minimum Gasteiger partial charge on any atom is -0.347 e. The summed E-state index contributed by atoms with van der Waals surface area (Å²) < 4.78 is 1.98. The van der Waals surface area contributed by atoms with Crippen molar-refractivity contribution in [3.63, 3.8) is 0 Å². The number of fused-ring (bicyclic) bond motifs is 2. The molecule has 2 amide bonds. The highest BCUT2D eigenvalue weighted by Gasteiger charge is 2.27. The molecule has 4 heterocycles. The second-order valence-electron chi connectivity index (χ2n) is 7.60. The van der Waals surface area contributed by atoms with Gasteiger partial charge in [-0.15, -0.1) is 0 Å². The smallest absolute Gasteiger partial charge is 0.268 e. The maximum absolute atomic E-state index is 13.3. The van der Waals surface area contributed by atoms with E-state index in [0.29, 0.717) is 30.9 Å². The summed E-state index contributed by atoms with van der Waals surface area (Å²) in [5.74, 6) is -0.261. The third kappa shape index (κ3) is 3.76. The first-order valence-corrected chi connectivity index (χ1v) is 10.4. The topological polar surface area (TPSA) is 80.1 Å². The van der Waals surface area contributed by atoms with Gasteiger partial charge in [-0.25, -0.2) is 0 Å². The van der Waals surface area contributed by atoms with Crippen LogP contribution in [-0.2, 0) is 19.6 Å². The fraction of sp³-hybridized carbons (Fsp3) is 0.120. The second kappa shape index (κ2) is 8.47. The summed E-state index contributed by atoms with van der Waals surface area (Å²) in [6.45, 7) is 1.28. The summed E-state index contributed by atoms with van der Waals surface area (Å²) in [5.41, 5.74) is 4.80. The molecule has 0 saturated carbocycles. The number of hydrogen-bond acceptors (Lipinski definition) is 4. The number of aromatic nitrogens is 3. The van der Waals surface area contributed by atoms with E-state index in [1.807, 2.05) is 53.1 Å². The number of nitrogens with one attached hydrogen (secondary N) is 1. The molecule has 0 unspecified atom stereocenters. The highest BCUT2D eigenvalue weighted by Crippen LogP contribution is 2.30. The van der Waals surface area contributed by atoms with Crippen molar-refractivity contribution in [2.45, 2.75) is 19.6 Å². The van der Waals surface area contributed by atoms with Gasteiger partial charge in [0.15, 0.2) is 0 Å². The number of amides is 2. The molecule has 32 heavy (non-hydrogen) atoms. The molecule has 7 nitrogen and oxygen atoms in total. The number of rotatable bonds is 4. The van der Waals surface area contributed by atoms with Crippen molar-refractivity contribution >= 4 is 17.5 Å². The predicted octanol–water partition coefficient (Wildman–Crippen LogP) is 3.42. The molecule has 0 fully saturated rings. The van der Waals surface area contributed by atoms with Gasteiger partial charge in [-0.05, 0) is 47.5 Å². The van der Waals surface area contributed by atoms with E-state index in [1.54, 1.807) is 41.8 Å². The Morgan fingerprint density at radius 2 is 1.72 bits per heavy atom. The minimum atomic E-state index is -0.161. The van der Waals surface area contributed by atoms with Crippen LogP contribution in [0.2, 0.25) is 0 Å². The molecule has 1 aromatic carbocycles. The van der Waals surface area contributed by atoms with E-state index in [-0.39, 0.29) is 11.8 Å². The molecule has 0 bridgehead atoms. The normalized spacial score (nSPS) is 12.4. The minimum absolute atomic E-state index is 0.0999. The number of para-hydroxylation sites is 1. The molecule has 0 aliphatic carbocycles. The zero-order chi connectivity index (χ0) is 21.9. The molecule has 4 aromatic rings. The van der Waals surface area contributed by atoms with Gasteiger partial charge in [0.05, 0.1) is 13.1 Å². The first kappa shape index (κ1) is 19.7. The molecule has 0 saturated heterocycles. The first-order chi connectivity index (χ1) is 15.7. The number of nitrogens with zero attached hydrogens (tertiary/aromatic N) is 4. The largest absolute Gasteiger partial charge is 0.347 e.